The number of aryl methyl sites for hydroxylation is 1. The van der Waals surface area contributed by atoms with Crippen molar-refractivity contribution in [3.63, 3.8) is 0 Å². The van der Waals surface area contributed by atoms with Crippen LogP contribution in [0.5, 0.6) is 0 Å². The van der Waals surface area contributed by atoms with E-state index in [4.69, 9.17) is 0 Å². The Hall–Kier alpha value is -1.77. The van der Waals surface area contributed by atoms with Gasteiger partial charge < -0.3 is 9.88 Å². The number of carbonyl (C=O) groups is 1. The van der Waals surface area contributed by atoms with Gasteiger partial charge in [-0.15, -0.1) is 0 Å². The van der Waals surface area contributed by atoms with Gasteiger partial charge in [0.25, 0.3) is 0 Å². The van der Waals surface area contributed by atoms with Crippen molar-refractivity contribution < 1.29 is 4.79 Å². The van der Waals surface area contributed by atoms with E-state index in [1.54, 1.807) is 0 Å². The first kappa shape index (κ1) is 15.1. The first-order valence-electron chi connectivity index (χ1n) is 8.41. The average Bonchev–Trinajstić information content (AvgIpc) is 2.82. The number of aromatic amines is 1. The zero-order chi connectivity index (χ0) is 15.7. The topological polar surface area (TPSA) is 36.1 Å². The summed E-state index contributed by atoms with van der Waals surface area (Å²) >= 11 is 0. The molecule has 0 radical (unpaired) electrons. The summed E-state index contributed by atoms with van der Waals surface area (Å²) in [5, 5.41) is 1.35. The van der Waals surface area contributed by atoms with Gasteiger partial charge in [-0.2, -0.15) is 0 Å². The molecular weight excluding hydrogens is 272 g/mol. The summed E-state index contributed by atoms with van der Waals surface area (Å²) in [5.74, 6) is 1.34. The molecule has 1 aromatic carbocycles. The fraction of sp³-hybridized carbons (Fsp3) is 0.526. The smallest absolute Gasteiger partial charge is 0.222 e. The van der Waals surface area contributed by atoms with Gasteiger partial charge in [0, 0.05) is 36.1 Å². The molecule has 3 heteroatoms. The zero-order valence-corrected chi connectivity index (χ0v) is 13.9. The zero-order valence-electron chi connectivity index (χ0n) is 13.9. The summed E-state index contributed by atoms with van der Waals surface area (Å²) in [5.41, 5.74) is 3.98. The van der Waals surface area contributed by atoms with E-state index in [0.717, 1.165) is 25.9 Å². The van der Waals surface area contributed by atoms with E-state index in [1.807, 2.05) is 0 Å². The highest BCUT2D eigenvalue weighted by molar-refractivity contribution is 5.85. The van der Waals surface area contributed by atoms with Crippen molar-refractivity contribution in [2.24, 2.45) is 5.92 Å². The Morgan fingerprint density at radius 2 is 1.95 bits per heavy atom. The van der Waals surface area contributed by atoms with Crippen molar-refractivity contribution in [2.75, 3.05) is 13.1 Å². The van der Waals surface area contributed by atoms with Crippen LogP contribution < -0.4 is 0 Å². The molecule has 0 atom stereocenters. The first-order valence-corrected chi connectivity index (χ1v) is 8.41. The third-order valence-electron chi connectivity index (χ3n) is 4.78. The molecule has 118 valence electrons. The summed E-state index contributed by atoms with van der Waals surface area (Å²) in [6, 6.07) is 8.55. The summed E-state index contributed by atoms with van der Waals surface area (Å²) in [7, 11) is 0. The van der Waals surface area contributed by atoms with E-state index in [0.29, 0.717) is 24.2 Å². The third-order valence-corrected chi connectivity index (χ3v) is 4.78. The normalized spacial score (nSPS) is 16.6. The molecule has 3 nitrogen and oxygen atoms in total. The summed E-state index contributed by atoms with van der Waals surface area (Å²) in [6.45, 7) is 8.19. The molecule has 1 aliphatic heterocycles. The highest BCUT2D eigenvalue weighted by atomic mass is 16.2. The number of carbonyl (C=O) groups excluding carboxylic acids is 1. The van der Waals surface area contributed by atoms with E-state index in [2.05, 4.69) is 54.9 Å². The highest BCUT2D eigenvalue weighted by Crippen LogP contribution is 2.35. The molecule has 2 heterocycles. The van der Waals surface area contributed by atoms with Crippen molar-refractivity contribution in [3.05, 3.63) is 35.5 Å². The minimum Gasteiger partial charge on any atom is -0.358 e. The van der Waals surface area contributed by atoms with E-state index in [-0.39, 0.29) is 0 Å². The average molecular weight is 298 g/mol. The van der Waals surface area contributed by atoms with Gasteiger partial charge in [0.2, 0.25) is 5.91 Å². The number of benzene rings is 1. The second-order valence-electron chi connectivity index (χ2n) is 6.96. The number of H-pyrrole nitrogens is 1. The molecule has 22 heavy (non-hydrogen) atoms. The number of hydrogen-bond acceptors (Lipinski definition) is 1. The van der Waals surface area contributed by atoms with Gasteiger partial charge in [-0.05, 0) is 43.2 Å². The molecule has 1 N–H and O–H groups in total. The number of piperidine rings is 1. The minimum atomic E-state index is 0.323. The second-order valence-corrected chi connectivity index (χ2v) is 6.96. The fourth-order valence-corrected chi connectivity index (χ4v) is 3.72. The van der Waals surface area contributed by atoms with Crippen molar-refractivity contribution in [3.8, 4) is 0 Å². The van der Waals surface area contributed by atoms with Crippen molar-refractivity contribution in [1.82, 2.24) is 9.88 Å². The van der Waals surface area contributed by atoms with Gasteiger partial charge in [-0.25, -0.2) is 0 Å². The van der Waals surface area contributed by atoms with Gasteiger partial charge >= 0.3 is 0 Å². The van der Waals surface area contributed by atoms with Crippen LogP contribution in [-0.4, -0.2) is 28.9 Å². The summed E-state index contributed by atoms with van der Waals surface area (Å²) in [6.07, 6.45) is 2.83. The van der Waals surface area contributed by atoms with Crippen LogP contribution in [-0.2, 0) is 4.79 Å². The molecule has 3 rings (SSSR count). The van der Waals surface area contributed by atoms with Gasteiger partial charge in [-0.1, -0.05) is 32.0 Å². The van der Waals surface area contributed by atoms with Crippen LogP contribution in [0.25, 0.3) is 10.9 Å². The quantitative estimate of drug-likeness (QED) is 0.904. The standard InChI is InChI=1S/C19H26N2O/c1-13(2)12-18(22)21-10-8-15(9-11-21)19-14(3)20-17-7-5-4-6-16(17)19/h4-7,13,15,20H,8-12H2,1-3H3. The monoisotopic (exact) mass is 298 g/mol. The summed E-state index contributed by atoms with van der Waals surface area (Å²) in [4.78, 5) is 17.8. The predicted molar refractivity (Wildman–Crippen MR) is 91.0 cm³/mol. The molecule has 0 spiro atoms. The molecule has 1 aliphatic rings. The Balaban J connectivity index is 1.73. The first-order chi connectivity index (χ1) is 10.6. The van der Waals surface area contributed by atoms with E-state index < -0.39 is 0 Å². The lowest BCUT2D eigenvalue weighted by Crippen LogP contribution is -2.38. The maximum Gasteiger partial charge on any atom is 0.222 e. The van der Waals surface area contributed by atoms with Crippen molar-refractivity contribution in [1.29, 1.82) is 0 Å². The third kappa shape index (κ3) is 2.90. The number of fused-ring (bicyclic) bond motifs is 1. The predicted octanol–water partition coefficient (Wildman–Crippen LogP) is 4.23. The number of rotatable bonds is 3. The van der Waals surface area contributed by atoms with Crippen molar-refractivity contribution in [2.45, 2.75) is 46.0 Å². The molecule has 0 aliphatic carbocycles. The number of hydrogen-bond donors (Lipinski definition) is 1. The molecule has 0 saturated carbocycles. The maximum absolute atomic E-state index is 12.2. The Morgan fingerprint density at radius 1 is 1.27 bits per heavy atom. The van der Waals surface area contributed by atoms with E-state index in [1.165, 1.54) is 22.2 Å². The number of aromatic nitrogens is 1. The lowest BCUT2D eigenvalue weighted by molar-refractivity contribution is -0.133. The second kappa shape index (κ2) is 6.15. The lowest BCUT2D eigenvalue weighted by atomic mass is 9.87. The number of nitrogens with one attached hydrogen (secondary N) is 1. The van der Waals surface area contributed by atoms with E-state index in [9.17, 15) is 4.79 Å². The van der Waals surface area contributed by atoms with Crippen molar-refractivity contribution >= 4 is 16.8 Å². The van der Waals surface area contributed by atoms with Gasteiger partial charge in [0.05, 0.1) is 0 Å². The van der Waals surface area contributed by atoms with E-state index >= 15 is 0 Å². The van der Waals surface area contributed by atoms with Gasteiger partial charge in [0.15, 0.2) is 0 Å². The Bertz CT molecular complexity index is 663. The molecule has 2 aromatic rings. The molecule has 1 fully saturated rings. The van der Waals surface area contributed by atoms with Gasteiger partial charge in [0.1, 0.15) is 0 Å². The summed E-state index contributed by atoms with van der Waals surface area (Å²) < 4.78 is 0. The Morgan fingerprint density at radius 3 is 2.64 bits per heavy atom. The van der Waals surface area contributed by atoms with Crippen LogP contribution in [0.3, 0.4) is 0 Å². The fourth-order valence-electron chi connectivity index (χ4n) is 3.72. The molecule has 0 bridgehead atoms. The molecule has 1 saturated heterocycles. The molecule has 1 amide bonds. The molecular formula is C19H26N2O. The number of para-hydroxylation sites is 1. The number of amides is 1. The maximum atomic E-state index is 12.2. The van der Waals surface area contributed by atoms with Crippen LogP contribution in [0, 0.1) is 12.8 Å². The molecule has 0 unspecified atom stereocenters. The van der Waals surface area contributed by atoms with Crippen LogP contribution in [0.2, 0.25) is 0 Å². The highest BCUT2D eigenvalue weighted by Gasteiger charge is 2.26. The number of nitrogens with zero attached hydrogens (tertiary/aromatic N) is 1. The van der Waals surface area contributed by atoms with Gasteiger partial charge in [-0.3, -0.25) is 4.79 Å². The van der Waals surface area contributed by atoms with Crippen LogP contribution in [0.4, 0.5) is 0 Å². The SMILES string of the molecule is Cc1[nH]c2ccccc2c1C1CCN(C(=O)CC(C)C)CC1. The molecule has 1 aromatic heterocycles. The van der Waals surface area contributed by atoms with Crippen LogP contribution in [0.1, 0.15) is 50.3 Å². The Labute approximate surface area is 132 Å². The minimum absolute atomic E-state index is 0.323. The number of likely N-dealkylation sites (tertiary alicyclic amines) is 1. The largest absolute Gasteiger partial charge is 0.358 e. The van der Waals surface area contributed by atoms with Crippen LogP contribution in [0.15, 0.2) is 24.3 Å². The van der Waals surface area contributed by atoms with Crippen LogP contribution >= 0.6 is 0 Å². The lowest BCUT2D eigenvalue weighted by Gasteiger charge is -2.33. The Kier molecular flexibility index (Phi) is 4.23.